The summed E-state index contributed by atoms with van der Waals surface area (Å²) in [7, 11) is 1.52. The van der Waals surface area contributed by atoms with E-state index >= 15 is 0 Å². The quantitative estimate of drug-likeness (QED) is 0.884. The van der Waals surface area contributed by atoms with E-state index in [9.17, 15) is 9.59 Å². The molecular formula is C18H17N3O3. The normalized spacial score (nSPS) is 9.71. The van der Waals surface area contributed by atoms with Gasteiger partial charge in [-0.15, -0.1) is 0 Å². The van der Waals surface area contributed by atoms with E-state index in [4.69, 9.17) is 10.00 Å². The highest BCUT2D eigenvalue weighted by Crippen LogP contribution is 2.25. The Kier molecular flexibility index (Phi) is 5.53. The molecule has 2 aromatic carbocycles. The van der Waals surface area contributed by atoms with Gasteiger partial charge < -0.3 is 15.4 Å². The Hall–Kier alpha value is -3.33. The highest BCUT2D eigenvalue weighted by atomic mass is 16.5. The Balaban J connectivity index is 2.09. The number of hydrogen-bond donors (Lipinski definition) is 2. The highest BCUT2D eigenvalue weighted by Gasteiger charge is 2.09. The second-order valence-corrected chi connectivity index (χ2v) is 5.09. The molecule has 0 radical (unpaired) electrons. The summed E-state index contributed by atoms with van der Waals surface area (Å²) in [6.07, 6.45) is 0. The fourth-order valence-electron chi connectivity index (χ4n) is 2.17. The van der Waals surface area contributed by atoms with E-state index in [0.29, 0.717) is 22.6 Å². The Morgan fingerprint density at radius 1 is 1.21 bits per heavy atom. The number of nitriles is 1. The average Bonchev–Trinajstić information content (AvgIpc) is 2.59. The van der Waals surface area contributed by atoms with Crippen molar-refractivity contribution in [3.8, 4) is 11.8 Å². The monoisotopic (exact) mass is 323 g/mol. The third-order valence-electron chi connectivity index (χ3n) is 3.28. The first-order valence-electron chi connectivity index (χ1n) is 7.26. The van der Waals surface area contributed by atoms with Crippen LogP contribution in [0, 0.1) is 11.3 Å². The van der Waals surface area contributed by atoms with E-state index in [1.54, 1.807) is 36.4 Å². The summed E-state index contributed by atoms with van der Waals surface area (Å²) in [6.45, 7) is 1.70. The first-order valence-corrected chi connectivity index (χ1v) is 7.26. The van der Waals surface area contributed by atoms with Crippen molar-refractivity contribution in [2.75, 3.05) is 12.4 Å². The van der Waals surface area contributed by atoms with Gasteiger partial charge in [0.25, 0.3) is 5.91 Å². The number of nitrogens with zero attached hydrogens (tertiary/aromatic N) is 1. The zero-order valence-electron chi connectivity index (χ0n) is 13.4. The molecule has 2 amide bonds. The van der Waals surface area contributed by atoms with E-state index in [-0.39, 0.29) is 18.4 Å². The first-order chi connectivity index (χ1) is 11.5. The molecule has 24 heavy (non-hydrogen) atoms. The van der Waals surface area contributed by atoms with Crippen LogP contribution in [-0.2, 0) is 11.3 Å². The van der Waals surface area contributed by atoms with Crippen LogP contribution in [0.5, 0.6) is 5.75 Å². The lowest BCUT2D eigenvalue weighted by Crippen LogP contribution is -2.23. The van der Waals surface area contributed by atoms with Crippen LogP contribution < -0.4 is 15.4 Å². The predicted octanol–water partition coefficient (Wildman–Crippen LogP) is 2.46. The lowest BCUT2D eigenvalue weighted by molar-refractivity contribution is -0.114. The van der Waals surface area contributed by atoms with E-state index in [1.807, 2.05) is 6.07 Å². The van der Waals surface area contributed by atoms with Crippen LogP contribution in [0.3, 0.4) is 0 Å². The molecule has 0 bridgehead atoms. The topological polar surface area (TPSA) is 91.2 Å². The minimum absolute atomic E-state index is 0.206. The van der Waals surface area contributed by atoms with Crippen molar-refractivity contribution in [3.63, 3.8) is 0 Å². The van der Waals surface area contributed by atoms with E-state index < -0.39 is 0 Å². The fraction of sp³-hybridized carbons (Fsp3) is 0.167. The molecular weight excluding hydrogens is 306 g/mol. The SMILES string of the molecule is COc1ccc(CNC(=O)c2cccc(C#N)c2)cc1NC(C)=O. The summed E-state index contributed by atoms with van der Waals surface area (Å²) in [5, 5.41) is 14.3. The Labute approximate surface area is 140 Å². The molecule has 0 aliphatic carbocycles. The molecule has 6 heteroatoms. The molecule has 6 nitrogen and oxygen atoms in total. The maximum absolute atomic E-state index is 12.2. The number of carbonyl (C=O) groups is 2. The number of benzene rings is 2. The summed E-state index contributed by atoms with van der Waals surface area (Å²) in [6, 6.07) is 13.8. The molecule has 2 N–H and O–H groups in total. The van der Waals surface area contributed by atoms with Gasteiger partial charge in [0.1, 0.15) is 5.75 Å². The predicted molar refractivity (Wildman–Crippen MR) is 89.6 cm³/mol. The number of carbonyl (C=O) groups excluding carboxylic acids is 2. The van der Waals surface area contributed by atoms with Crippen molar-refractivity contribution >= 4 is 17.5 Å². The van der Waals surface area contributed by atoms with Gasteiger partial charge in [0.2, 0.25) is 5.91 Å². The zero-order chi connectivity index (χ0) is 17.5. The lowest BCUT2D eigenvalue weighted by Gasteiger charge is -2.12. The lowest BCUT2D eigenvalue weighted by atomic mass is 10.1. The van der Waals surface area contributed by atoms with Gasteiger partial charge in [-0.25, -0.2) is 0 Å². The van der Waals surface area contributed by atoms with E-state index in [1.165, 1.54) is 20.1 Å². The van der Waals surface area contributed by atoms with Crippen molar-refractivity contribution in [3.05, 3.63) is 59.2 Å². The van der Waals surface area contributed by atoms with Crippen molar-refractivity contribution < 1.29 is 14.3 Å². The molecule has 0 atom stereocenters. The van der Waals surface area contributed by atoms with Gasteiger partial charge in [-0.05, 0) is 35.9 Å². The molecule has 0 aliphatic rings. The molecule has 0 heterocycles. The van der Waals surface area contributed by atoms with Crippen LogP contribution in [0.1, 0.15) is 28.4 Å². The number of hydrogen-bond acceptors (Lipinski definition) is 4. The number of ether oxygens (including phenoxy) is 1. The fourth-order valence-corrected chi connectivity index (χ4v) is 2.17. The van der Waals surface area contributed by atoms with Crippen LogP contribution in [0.15, 0.2) is 42.5 Å². The van der Waals surface area contributed by atoms with Gasteiger partial charge in [0.15, 0.2) is 0 Å². The average molecular weight is 323 g/mol. The maximum atomic E-state index is 12.2. The number of anilines is 1. The van der Waals surface area contributed by atoms with E-state index in [2.05, 4.69) is 10.6 Å². The third-order valence-corrected chi connectivity index (χ3v) is 3.28. The summed E-state index contributed by atoms with van der Waals surface area (Å²) < 4.78 is 5.19. The van der Waals surface area contributed by atoms with Crippen LogP contribution in [0.4, 0.5) is 5.69 Å². The number of amides is 2. The molecule has 0 spiro atoms. The Bertz CT molecular complexity index is 809. The number of rotatable bonds is 5. The molecule has 2 rings (SSSR count). The third kappa shape index (κ3) is 4.34. The van der Waals surface area contributed by atoms with Crippen molar-refractivity contribution in [2.45, 2.75) is 13.5 Å². The minimum atomic E-state index is -0.274. The van der Waals surface area contributed by atoms with Crippen molar-refractivity contribution in [1.82, 2.24) is 5.32 Å². The second kappa shape index (κ2) is 7.79. The summed E-state index contributed by atoms with van der Waals surface area (Å²) in [5.74, 6) is 0.0637. The van der Waals surface area contributed by atoms with E-state index in [0.717, 1.165) is 5.56 Å². The van der Waals surface area contributed by atoms with Crippen molar-refractivity contribution in [2.24, 2.45) is 0 Å². The van der Waals surface area contributed by atoms with Crippen LogP contribution in [0.2, 0.25) is 0 Å². The first kappa shape index (κ1) is 17.0. The second-order valence-electron chi connectivity index (χ2n) is 5.09. The Morgan fingerprint density at radius 3 is 2.67 bits per heavy atom. The number of nitrogens with one attached hydrogen (secondary N) is 2. The van der Waals surface area contributed by atoms with Gasteiger partial charge in [-0.1, -0.05) is 12.1 Å². The molecule has 0 saturated heterocycles. The molecule has 0 unspecified atom stereocenters. The molecule has 2 aromatic rings. The highest BCUT2D eigenvalue weighted by molar-refractivity contribution is 5.94. The molecule has 0 saturated carbocycles. The summed E-state index contributed by atoms with van der Waals surface area (Å²) in [4.78, 5) is 23.4. The van der Waals surface area contributed by atoms with Crippen LogP contribution in [0.25, 0.3) is 0 Å². The van der Waals surface area contributed by atoms with Crippen molar-refractivity contribution in [1.29, 1.82) is 5.26 Å². The molecule has 0 fully saturated rings. The Morgan fingerprint density at radius 2 is 2.00 bits per heavy atom. The number of methoxy groups -OCH3 is 1. The largest absolute Gasteiger partial charge is 0.495 e. The standard InChI is InChI=1S/C18H17N3O3/c1-12(22)21-16-9-14(6-7-17(16)24-2)11-20-18(23)15-5-3-4-13(8-15)10-19/h3-9H,11H2,1-2H3,(H,20,23)(H,21,22). The maximum Gasteiger partial charge on any atom is 0.251 e. The van der Waals surface area contributed by atoms with Gasteiger partial charge in [-0.2, -0.15) is 5.26 Å². The molecule has 122 valence electrons. The van der Waals surface area contributed by atoms with Gasteiger partial charge >= 0.3 is 0 Å². The van der Waals surface area contributed by atoms with Gasteiger partial charge in [0.05, 0.1) is 24.4 Å². The van der Waals surface area contributed by atoms with Gasteiger partial charge in [-0.3, -0.25) is 9.59 Å². The molecule has 0 aliphatic heterocycles. The smallest absolute Gasteiger partial charge is 0.251 e. The molecule has 0 aromatic heterocycles. The van der Waals surface area contributed by atoms with Crippen LogP contribution >= 0.6 is 0 Å². The summed E-state index contributed by atoms with van der Waals surface area (Å²) in [5.41, 5.74) is 2.21. The van der Waals surface area contributed by atoms with Crippen LogP contribution in [-0.4, -0.2) is 18.9 Å². The van der Waals surface area contributed by atoms with Gasteiger partial charge in [0, 0.05) is 19.0 Å². The minimum Gasteiger partial charge on any atom is -0.495 e. The zero-order valence-corrected chi connectivity index (χ0v) is 13.4. The summed E-state index contributed by atoms with van der Waals surface area (Å²) >= 11 is 0.